The average Bonchev–Trinajstić information content (AvgIpc) is 2.63. The largest absolute Gasteiger partial charge is 0.235 e. The summed E-state index contributed by atoms with van der Waals surface area (Å²) in [5, 5.41) is 10.7. The third-order valence-corrected chi connectivity index (χ3v) is 3.83. The molecular weight excluding hydrogens is 243 g/mol. The Labute approximate surface area is 101 Å². The number of hydrogen-bond acceptors (Lipinski definition) is 4. The van der Waals surface area contributed by atoms with Crippen LogP contribution < -0.4 is 0 Å². The fraction of sp³-hybridized carbons (Fsp3) is 0.0909. The number of nitriles is 1. The minimum atomic E-state index is -0.394. The van der Waals surface area contributed by atoms with E-state index in [1.807, 2.05) is 18.4 Å². The van der Waals surface area contributed by atoms with Gasteiger partial charge in [-0.15, -0.1) is 11.3 Å². The predicted octanol–water partition coefficient (Wildman–Crippen LogP) is 3.61. The minimum absolute atomic E-state index is 0.329. The highest BCUT2D eigenvalue weighted by Gasteiger charge is 2.05. The van der Waals surface area contributed by atoms with Crippen LogP contribution in [0.2, 0.25) is 0 Å². The maximum Gasteiger partial charge on any atom is 0.154 e. The molecule has 80 valence electrons. The van der Waals surface area contributed by atoms with Gasteiger partial charge in [-0.25, -0.2) is 9.37 Å². The summed E-state index contributed by atoms with van der Waals surface area (Å²) < 4.78 is 14.0. The predicted molar refractivity (Wildman–Crippen MR) is 62.1 cm³/mol. The van der Waals surface area contributed by atoms with Gasteiger partial charge in [-0.05, 0) is 25.1 Å². The third kappa shape index (κ3) is 2.60. The third-order valence-electron chi connectivity index (χ3n) is 1.80. The number of thiazole rings is 1. The van der Waals surface area contributed by atoms with Crippen LogP contribution in [-0.4, -0.2) is 4.98 Å². The van der Waals surface area contributed by atoms with Crippen molar-refractivity contribution in [3.63, 3.8) is 0 Å². The van der Waals surface area contributed by atoms with Gasteiger partial charge in [-0.3, -0.25) is 0 Å². The van der Waals surface area contributed by atoms with E-state index in [4.69, 9.17) is 5.26 Å². The standard InChI is InChI=1S/C11H7FN2S2/c1-7-6-15-11(14-7)16-10-3-8(5-13)2-9(12)4-10/h2-4,6H,1H3. The van der Waals surface area contributed by atoms with Crippen molar-refractivity contribution in [3.8, 4) is 6.07 Å². The first-order valence-electron chi connectivity index (χ1n) is 4.48. The van der Waals surface area contributed by atoms with Crippen LogP contribution in [0, 0.1) is 24.1 Å². The fourth-order valence-corrected chi connectivity index (χ4v) is 3.06. The molecule has 0 amide bonds. The lowest BCUT2D eigenvalue weighted by Gasteiger charge is -1.98. The monoisotopic (exact) mass is 250 g/mol. The summed E-state index contributed by atoms with van der Waals surface area (Å²) in [6.07, 6.45) is 0. The maximum absolute atomic E-state index is 13.1. The van der Waals surface area contributed by atoms with Crippen LogP contribution in [0.5, 0.6) is 0 Å². The van der Waals surface area contributed by atoms with Crippen molar-refractivity contribution in [2.75, 3.05) is 0 Å². The molecule has 1 heterocycles. The Hall–Kier alpha value is -1.38. The smallest absolute Gasteiger partial charge is 0.154 e. The van der Waals surface area contributed by atoms with Crippen LogP contribution in [0.4, 0.5) is 4.39 Å². The van der Waals surface area contributed by atoms with Crippen molar-refractivity contribution in [1.82, 2.24) is 4.98 Å². The number of rotatable bonds is 2. The Morgan fingerprint density at radius 3 is 2.88 bits per heavy atom. The first-order chi connectivity index (χ1) is 7.67. The summed E-state index contributed by atoms with van der Waals surface area (Å²) in [7, 11) is 0. The molecule has 2 aromatic rings. The van der Waals surface area contributed by atoms with E-state index in [-0.39, 0.29) is 0 Å². The molecule has 0 saturated carbocycles. The number of aromatic nitrogens is 1. The number of aryl methyl sites for hydroxylation is 1. The van der Waals surface area contributed by atoms with Crippen molar-refractivity contribution in [1.29, 1.82) is 5.26 Å². The topological polar surface area (TPSA) is 36.7 Å². The lowest BCUT2D eigenvalue weighted by Crippen LogP contribution is -1.81. The van der Waals surface area contributed by atoms with Gasteiger partial charge in [0.25, 0.3) is 0 Å². The van der Waals surface area contributed by atoms with Gasteiger partial charge in [0, 0.05) is 16.0 Å². The highest BCUT2D eigenvalue weighted by molar-refractivity contribution is 8.01. The van der Waals surface area contributed by atoms with Gasteiger partial charge in [-0.1, -0.05) is 11.8 Å². The molecule has 1 aromatic carbocycles. The van der Waals surface area contributed by atoms with Crippen LogP contribution in [0.25, 0.3) is 0 Å². The van der Waals surface area contributed by atoms with Crippen LogP contribution >= 0.6 is 23.1 Å². The molecule has 0 bridgehead atoms. The molecule has 0 aliphatic carbocycles. The molecule has 16 heavy (non-hydrogen) atoms. The first-order valence-corrected chi connectivity index (χ1v) is 6.17. The Kier molecular flexibility index (Phi) is 3.22. The molecule has 5 heteroatoms. The van der Waals surface area contributed by atoms with E-state index in [0.717, 1.165) is 10.0 Å². The molecule has 0 saturated heterocycles. The maximum atomic E-state index is 13.1. The van der Waals surface area contributed by atoms with Crippen LogP contribution in [0.3, 0.4) is 0 Å². The molecule has 0 spiro atoms. The summed E-state index contributed by atoms with van der Waals surface area (Å²) >= 11 is 2.88. The number of benzene rings is 1. The van der Waals surface area contributed by atoms with Gasteiger partial charge in [-0.2, -0.15) is 5.26 Å². The molecule has 0 fully saturated rings. The first kappa shape index (κ1) is 11.1. The van der Waals surface area contributed by atoms with E-state index in [9.17, 15) is 4.39 Å². The highest BCUT2D eigenvalue weighted by Crippen LogP contribution is 2.31. The average molecular weight is 250 g/mol. The second kappa shape index (κ2) is 4.64. The SMILES string of the molecule is Cc1csc(Sc2cc(F)cc(C#N)c2)n1. The molecule has 0 N–H and O–H groups in total. The van der Waals surface area contributed by atoms with Crippen LogP contribution in [-0.2, 0) is 0 Å². The second-order valence-corrected chi connectivity index (χ2v) is 5.32. The lowest BCUT2D eigenvalue weighted by molar-refractivity contribution is 0.623. The van der Waals surface area contributed by atoms with E-state index in [0.29, 0.717) is 10.5 Å². The number of hydrogen-bond donors (Lipinski definition) is 0. The molecule has 1 aromatic heterocycles. The van der Waals surface area contributed by atoms with E-state index in [1.54, 1.807) is 6.07 Å². The number of nitrogens with zero attached hydrogens (tertiary/aromatic N) is 2. The van der Waals surface area contributed by atoms with Crippen molar-refractivity contribution < 1.29 is 4.39 Å². The molecule has 0 aliphatic heterocycles. The Morgan fingerprint density at radius 1 is 1.44 bits per heavy atom. The Balaban J connectivity index is 2.28. The quantitative estimate of drug-likeness (QED) is 0.817. The van der Waals surface area contributed by atoms with Gasteiger partial charge < -0.3 is 0 Å². The zero-order valence-corrected chi connectivity index (χ0v) is 10.0. The normalized spacial score (nSPS) is 10.1. The van der Waals surface area contributed by atoms with Gasteiger partial charge in [0.05, 0.1) is 11.6 Å². The van der Waals surface area contributed by atoms with E-state index < -0.39 is 5.82 Å². The van der Waals surface area contributed by atoms with Crippen molar-refractivity contribution in [3.05, 3.63) is 40.7 Å². The number of halogens is 1. The zero-order chi connectivity index (χ0) is 11.5. The van der Waals surface area contributed by atoms with E-state index >= 15 is 0 Å². The highest BCUT2D eigenvalue weighted by atomic mass is 32.2. The zero-order valence-electron chi connectivity index (χ0n) is 8.40. The molecule has 2 rings (SSSR count). The lowest BCUT2D eigenvalue weighted by atomic mass is 10.2. The van der Waals surface area contributed by atoms with Crippen molar-refractivity contribution in [2.45, 2.75) is 16.2 Å². The molecule has 0 unspecified atom stereocenters. The molecular formula is C11H7FN2S2. The van der Waals surface area contributed by atoms with Gasteiger partial charge >= 0.3 is 0 Å². The summed E-state index contributed by atoms with van der Waals surface area (Å²) in [6, 6.07) is 6.21. The molecule has 0 radical (unpaired) electrons. The Morgan fingerprint density at radius 2 is 2.25 bits per heavy atom. The van der Waals surface area contributed by atoms with Crippen molar-refractivity contribution in [2.24, 2.45) is 0 Å². The van der Waals surface area contributed by atoms with Gasteiger partial charge in [0.1, 0.15) is 5.82 Å². The van der Waals surface area contributed by atoms with Gasteiger partial charge in [0.15, 0.2) is 4.34 Å². The van der Waals surface area contributed by atoms with Crippen LogP contribution in [0.1, 0.15) is 11.3 Å². The summed E-state index contributed by atoms with van der Waals surface area (Å²) in [5.74, 6) is -0.394. The van der Waals surface area contributed by atoms with Crippen LogP contribution in [0.15, 0.2) is 32.8 Å². The molecule has 0 aliphatic rings. The minimum Gasteiger partial charge on any atom is -0.235 e. The summed E-state index contributed by atoms with van der Waals surface area (Å²) in [4.78, 5) is 4.97. The molecule has 0 atom stereocenters. The van der Waals surface area contributed by atoms with Crippen molar-refractivity contribution >= 4 is 23.1 Å². The Bertz CT molecular complexity index is 557. The van der Waals surface area contributed by atoms with E-state index in [1.165, 1.54) is 35.2 Å². The molecule has 2 nitrogen and oxygen atoms in total. The fourth-order valence-electron chi connectivity index (χ4n) is 1.17. The summed E-state index contributed by atoms with van der Waals surface area (Å²) in [5.41, 5.74) is 1.28. The van der Waals surface area contributed by atoms with Gasteiger partial charge in [0.2, 0.25) is 0 Å². The summed E-state index contributed by atoms with van der Waals surface area (Å²) in [6.45, 7) is 1.91. The van der Waals surface area contributed by atoms with E-state index in [2.05, 4.69) is 4.98 Å². The second-order valence-electron chi connectivity index (χ2n) is 3.14.